The summed E-state index contributed by atoms with van der Waals surface area (Å²) >= 11 is 0. The smallest absolute Gasteiger partial charge is 0.329 e. The number of methoxy groups -OCH3 is 4. The van der Waals surface area contributed by atoms with E-state index in [0.29, 0.717) is 30.3 Å². The van der Waals surface area contributed by atoms with Crippen LogP contribution >= 0.6 is 0 Å². The molecule has 0 aliphatic carbocycles. The van der Waals surface area contributed by atoms with Gasteiger partial charge in [-0.2, -0.15) is 0 Å². The molecule has 0 aromatic heterocycles. The molecule has 1 N–H and O–H groups in total. The number of carbonyl (C=O) groups excluding carboxylic acids is 2. The fraction of sp³-hybridized carbons (Fsp3) is 0.474. The van der Waals surface area contributed by atoms with Crippen LogP contribution in [0.3, 0.4) is 0 Å². The summed E-state index contributed by atoms with van der Waals surface area (Å²) in [6.45, 7) is 1.00. The molecule has 1 aromatic rings. The van der Waals surface area contributed by atoms with Crippen LogP contribution in [-0.4, -0.2) is 63.8 Å². The molecule has 0 bridgehead atoms. The van der Waals surface area contributed by atoms with E-state index in [4.69, 9.17) is 20.6 Å². The molecule has 0 radical (unpaired) electrons. The van der Waals surface area contributed by atoms with Crippen molar-refractivity contribution in [1.29, 1.82) is 0 Å². The summed E-state index contributed by atoms with van der Waals surface area (Å²) in [7, 11) is 5.94. The van der Waals surface area contributed by atoms with Gasteiger partial charge in [-0.05, 0) is 0 Å². The van der Waals surface area contributed by atoms with Crippen LogP contribution in [-0.2, 0) is 20.9 Å². The predicted molar refractivity (Wildman–Crippen MR) is 97.7 cm³/mol. The molecule has 1 aliphatic heterocycles. The maximum atomic E-state index is 12.4. The summed E-state index contributed by atoms with van der Waals surface area (Å²) in [6, 6.07) is 2.32. The summed E-state index contributed by atoms with van der Waals surface area (Å²) in [5.41, 5.74) is 0.809. The van der Waals surface area contributed by atoms with E-state index in [2.05, 4.69) is 16.0 Å². The highest BCUT2D eigenvalue weighted by atomic mass is 16.5. The van der Waals surface area contributed by atoms with Crippen LogP contribution in [0.15, 0.2) is 12.1 Å². The molecular formula is C19H24N2O6. The maximum absolute atomic E-state index is 12.4. The van der Waals surface area contributed by atoms with Crippen molar-refractivity contribution >= 4 is 11.9 Å². The molecule has 1 amide bonds. The van der Waals surface area contributed by atoms with Crippen molar-refractivity contribution in [2.45, 2.75) is 25.0 Å². The zero-order valence-corrected chi connectivity index (χ0v) is 15.9. The number of hydrogen-bond donors (Lipinski definition) is 1. The summed E-state index contributed by atoms with van der Waals surface area (Å²) < 4.78 is 20.8. The number of nitrogens with zero attached hydrogens (tertiary/aromatic N) is 1. The predicted octanol–water partition coefficient (Wildman–Crippen LogP) is 0.578. The fourth-order valence-corrected chi connectivity index (χ4v) is 2.76. The second kappa shape index (κ2) is 9.14. The van der Waals surface area contributed by atoms with Crippen molar-refractivity contribution < 1.29 is 28.5 Å². The molecule has 3 atom stereocenters. The summed E-state index contributed by atoms with van der Waals surface area (Å²) in [6.07, 6.45) is 5.32. The van der Waals surface area contributed by atoms with Crippen molar-refractivity contribution in [3.63, 3.8) is 0 Å². The summed E-state index contributed by atoms with van der Waals surface area (Å²) in [4.78, 5) is 26.0. The van der Waals surface area contributed by atoms with E-state index < -0.39 is 12.0 Å². The van der Waals surface area contributed by atoms with E-state index in [1.807, 2.05) is 4.90 Å². The normalized spacial score (nSPS) is 18.6. The zero-order valence-electron chi connectivity index (χ0n) is 15.9. The zero-order chi connectivity index (χ0) is 20.0. The first kappa shape index (κ1) is 20.4. The minimum atomic E-state index is -0.847. The summed E-state index contributed by atoms with van der Waals surface area (Å²) in [5, 5.41) is 2.64. The lowest BCUT2D eigenvalue weighted by molar-refractivity contribution is -0.144. The Morgan fingerprint density at radius 2 is 1.85 bits per heavy atom. The van der Waals surface area contributed by atoms with Crippen LogP contribution in [0.2, 0.25) is 0 Å². The minimum Gasteiger partial charge on any atom is -0.496 e. The van der Waals surface area contributed by atoms with Crippen molar-refractivity contribution in [3.8, 4) is 29.6 Å². The van der Waals surface area contributed by atoms with Crippen molar-refractivity contribution in [2.24, 2.45) is 0 Å². The number of ether oxygens (including phenoxy) is 4. The number of terminal acetylenes is 1. The van der Waals surface area contributed by atoms with Gasteiger partial charge in [0, 0.05) is 31.6 Å². The molecule has 2 rings (SSSR count). The van der Waals surface area contributed by atoms with E-state index >= 15 is 0 Å². The van der Waals surface area contributed by atoms with Gasteiger partial charge < -0.3 is 24.3 Å². The Hall–Kier alpha value is -2.92. The van der Waals surface area contributed by atoms with Gasteiger partial charge in [-0.25, -0.2) is 4.79 Å². The number of amides is 1. The minimum absolute atomic E-state index is 0.0747. The Morgan fingerprint density at radius 1 is 1.22 bits per heavy atom. The first-order valence-electron chi connectivity index (χ1n) is 8.33. The highest BCUT2D eigenvalue weighted by Crippen LogP contribution is 2.37. The Balaban J connectivity index is 2.06. The standard InChI is InChI=1S/C19H24N2O6/c1-6-7-14(19(23)27-5)20-18(22)15-11-21(15)10-13-16(25-3)8-12(24-2)9-17(13)26-4/h1,8-9,14-15H,7,10-11H2,2-5H3,(H,20,22). The lowest BCUT2D eigenvalue weighted by atomic mass is 10.1. The van der Waals surface area contributed by atoms with E-state index in [1.165, 1.54) is 7.11 Å². The quantitative estimate of drug-likeness (QED) is 0.383. The van der Waals surface area contributed by atoms with Crippen molar-refractivity contribution in [3.05, 3.63) is 17.7 Å². The van der Waals surface area contributed by atoms with Gasteiger partial charge >= 0.3 is 5.97 Å². The number of benzene rings is 1. The largest absolute Gasteiger partial charge is 0.496 e. The van der Waals surface area contributed by atoms with Gasteiger partial charge in [0.2, 0.25) is 5.91 Å². The molecule has 1 heterocycles. The van der Waals surface area contributed by atoms with Gasteiger partial charge in [0.15, 0.2) is 0 Å². The third-order valence-corrected chi connectivity index (χ3v) is 4.32. The second-order valence-corrected chi connectivity index (χ2v) is 5.95. The Labute approximate surface area is 158 Å². The first-order valence-corrected chi connectivity index (χ1v) is 8.33. The number of carbonyl (C=O) groups is 2. The van der Waals surface area contributed by atoms with Crippen LogP contribution < -0.4 is 19.5 Å². The average Bonchev–Trinajstić information content (AvgIpc) is 3.46. The second-order valence-electron chi connectivity index (χ2n) is 5.95. The molecule has 3 unspecified atom stereocenters. The van der Waals surface area contributed by atoms with E-state index in [9.17, 15) is 9.59 Å². The summed E-state index contributed by atoms with van der Waals surface area (Å²) in [5.74, 6) is 3.36. The number of rotatable bonds is 9. The van der Waals surface area contributed by atoms with Gasteiger partial charge in [-0.1, -0.05) is 0 Å². The van der Waals surface area contributed by atoms with E-state index in [0.717, 1.165) is 5.56 Å². The first-order chi connectivity index (χ1) is 13.0. The van der Waals surface area contributed by atoms with Gasteiger partial charge in [0.05, 0.1) is 34.0 Å². The number of esters is 1. The fourth-order valence-electron chi connectivity index (χ4n) is 2.76. The molecule has 1 fully saturated rings. The molecule has 1 aromatic carbocycles. The van der Waals surface area contributed by atoms with Crippen LogP contribution in [0.4, 0.5) is 0 Å². The van der Waals surface area contributed by atoms with Gasteiger partial charge in [-0.3, -0.25) is 9.69 Å². The third kappa shape index (κ3) is 4.83. The molecule has 27 heavy (non-hydrogen) atoms. The van der Waals surface area contributed by atoms with Gasteiger partial charge in [0.1, 0.15) is 29.3 Å². The molecule has 0 saturated carbocycles. The monoisotopic (exact) mass is 376 g/mol. The Kier molecular flexibility index (Phi) is 6.91. The highest BCUT2D eigenvalue weighted by molar-refractivity contribution is 5.89. The van der Waals surface area contributed by atoms with Crippen LogP contribution in [0.5, 0.6) is 17.2 Å². The molecule has 0 spiro atoms. The maximum Gasteiger partial charge on any atom is 0.329 e. The van der Waals surface area contributed by atoms with Crippen LogP contribution in [0.1, 0.15) is 12.0 Å². The molecule has 8 nitrogen and oxygen atoms in total. The van der Waals surface area contributed by atoms with Crippen molar-refractivity contribution in [1.82, 2.24) is 10.2 Å². The van der Waals surface area contributed by atoms with E-state index in [-0.39, 0.29) is 18.4 Å². The average molecular weight is 376 g/mol. The topological polar surface area (TPSA) is 86.1 Å². The van der Waals surface area contributed by atoms with Crippen molar-refractivity contribution in [2.75, 3.05) is 35.0 Å². The van der Waals surface area contributed by atoms with Gasteiger partial charge in [0.25, 0.3) is 0 Å². The molecule has 146 valence electrons. The third-order valence-electron chi connectivity index (χ3n) is 4.32. The van der Waals surface area contributed by atoms with Gasteiger partial charge in [-0.15, -0.1) is 12.3 Å². The molecular weight excluding hydrogens is 352 g/mol. The Bertz CT molecular complexity index is 717. The number of nitrogens with one attached hydrogen (secondary N) is 1. The number of hydrogen-bond acceptors (Lipinski definition) is 7. The lowest BCUT2D eigenvalue weighted by Crippen LogP contribution is -2.43. The molecule has 8 heteroatoms. The molecule has 1 aliphatic rings. The molecule has 1 saturated heterocycles. The van der Waals surface area contributed by atoms with E-state index in [1.54, 1.807) is 33.5 Å². The van der Waals surface area contributed by atoms with Crippen LogP contribution in [0, 0.1) is 12.3 Å². The highest BCUT2D eigenvalue weighted by Gasteiger charge is 2.42. The Morgan fingerprint density at radius 3 is 2.33 bits per heavy atom. The SMILES string of the molecule is C#CCC(NC(=O)C1CN1Cc1c(OC)cc(OC)cc1OC)C(=O)OC. The lowest BCUT2D eigenvalue weighted by Gasteiger charge is -2.16. The van der Waals surface area contributed by atoms with Crippen LogP contribution in [0.25, 0.3) is 0 Å².